The summed E-state index contributed by atoms with van der Waals surface area (Å²) in [5, 5.41) is 0. The van der Waals surface area contributed by atoms with E-state index in [-0.39, 0.29) is 17.1 Å². The number of hydrogen-bond donors (Lipinski definition) is 0. The van der Waals surface area contributed by atoms with E-state index in [1.54, 1.807) is 0 Å². The molecule has 0 unspecified atom stereocenters. The van der Waals surface area contributed by atoms with E-state index in [0.717, 1.165) is 19.4 Å². The predicted molar refractivity (Wildman–Crippen MR) is 79.9 cm³/mol. The van der Waals surface area contributed by atoms with Gasteiger partial charge in [0.1, 0.15) is 10.9 Å². The zero-order valence-corrected chi connectivity index (χ0v) is 13.0. The number of rotatable bonds is 3. The average Bonchev–Trinajstić information content (AvgIpc) is 2.49. The van der Waals surface area contributed by atoms with Crippen LogP contribution in [0.2, 0.25) is 0 Å². The smallest absolute Gasteiger partial charge is 0.132 e. The summed E-state index contributed by atoms with van der Waals surface area (Å²) in [5.74, 6) is 0. The van der Waals surface area contributed by atoms with E-state index in [2.05, 4.69) is 30.3 Å². The average molecular weight is 321 g/mol. The third-order valence-corrected chi connectivity index (χ3v) is 3.84. The van der Waals surface area contributed by atoms with Crippen molar-refractivity contribution >= 4 is 5.69 Å². The topological polar surface area (TPSA) is 37.4 Å². The van der Waals surface area contributed by atoms with Crippen molar-refractivity contribution in [2.24, 2.45) is 0 Å². The number of fused-ring (bicyclic) bond motifs is 1. The molecule has 21 heavy (non-hydrogen) atoms. The number of hydrogen-bond acceptors (Lipinski definition) is 3. The minimum absolute atomic E-state index is 0. The molecule has 1 aliphatic heterocycles. The Morgan fingerprint density at radius 2 is 2.10 bits per heavy atom. The standard InChI is InChI=1S/C17H16NO2.Mn/c1-2-3-4-12-5-6-13-7-8-18(11-14(13)9-12)15-10-16(19)17(15)20;/h2-3,5-6,9H,4,7-8,11H2,1H3;/q-1;/b3-2+;. The summed E-state index contributed by atoms with van der Waals surface area (Å²) in [7, 11) is 0. The summed E-state index contributed by atoms with van der Waals surface area (Å²) in [5.41, 5.74) is 3.44. The van der Waals surface area contributed by atoms with E-state index in [0.29, 0.717) is 12.2 Å². The maximum Gasteiger partial charge on any atom is 0.132 e. The van der Waals surface area contributed by atoms with Crippen LogP contribution in [0.3, 0.4) is 0 Å². The molecule has 3 nitrogen and oxygen atoms in total. The van der Waals surface area contributed by atoms with Crippen LogP contribution in [0.25, 0.3) is 0 Å². The van der Waals surface area contributed by atoms with Crippen molar-refractivity contribution in [2.45, 2.75) is 26.3 Å². The fourth-order valence-electron chi connectivity index (χ4n) is 2.67. The number of benzene rings is 1. The van der Waals surface area contributed by atoms with Crippen molar-refractivity contribution in [2.75, 3.05) is 11.4 Å². The Morgan fingerprint density at radius 3 is 2.76 bits per heavy atom. The maximum atomic E-state index is 11.5. The molecule has 0 bridgehead atoms. The van der Waals surface area contributed by atoms with Crippen LogP contribution in [0.4, 0.5) is 5.69 Å². The summed E-state index contributed by atoms with van der Waals surface area (Å²) in [6, 6.07) is 9.13. The molecule has 0 aliphatic carbocycles. The van der Waals surface area contributed by atoms with Crippen molar-refractivity contribution in [3.05, 3.63) is 73.6 Å². The van der Waals surface area contributed by atoms with Crippen molar-refractivity contribution in [3.63, 3.8) is 0 Å². The summed E-state index contributed by atoms with van der Waals surface area (Å²) < 4.78 is 0. The normalized spacial score (nSPS) is 14.2. The summed E-state index contributed by atoms with van der Waals surface area (Å²) in [6.07, 6.45) is 6.01. The van der Waals surface area contributed by atoms with Gasteiger partial charge in [0, 0.05) is 30.2 Å². The Hall–Kier alpha value is -1.64. The minimum Gasteiger partial charge on any atom is -0.385 e. The molecule has 0 spiro atoms. The zero-order chi connectivity index (χ0) is 14.1. The van der Waals surface area contributed by atoms with Gasteiger partial charge in [0.15, 0.2) is 0 Å². The second-order valence-corrected chi connectivity index (χ2v) is 5.18. The van der Waals surface area contributed by atoms with Gasteiger partial charge >= 0.3 is 0 Å². The first-order valence-corrected chi connectivity index (χ1v) is 6.88. The fourth-order valence-corrected chi connectivity index (χ4v) is 2.67. The van der Waals surface area contributed by atoms with Crippen molar-refractivity contribution < 1.29 is 17.1 Å². The van der Waals surface area contributed by atoms with Gasteiger partial charge in [0.25, 0.3) is 0 Å². The molecule has 3 rings (SSSR count). The second kappa shape index (κ2) is 6.42. The largest absolute Gasteiger partial charge is 0.385 e. The molecular formula is C17H16MnNO2-. The SMILES string of the molecule is C/C=C/Cc1ccc2c(c1)CN(c1[c-]c(=O)c1=O)CC2.[Mn]. The van der Waals surface area contributed by atoms with Gasteiger partial charge in [0.05, 0.1) is 0 Å². The molecule has 0 aromatic heterocycles. The van der Waals surface area contributed by atoms with Crippen LogP contribution in [0, 0.1) is 6.07 Å². The molecule has 0 amide bonds. The van der Waals surface area contributed by atoms with Gasteiger partial charge in [-0.25, -0.2) is 0 Å². The van der Waals surface area contributed by atoms with Gasteiger partial charge in [0.2, 0.25) is 0 Å². The number of nitrogens with zero attached hydrogens (tertiary/aromatic N) is 1. The van der Waals surface area contributed by atoms with Crippen LogP contribution in [0.5, 0.6) is 0 Å². The predicted octanol–water partition coefficient (Wildman–Crippen LogP) is 1.76. The Balaban J connectivity index is 0.00000161. The van der Waals surface area contributed by atoms with E-state index in [9.17, 15) is 9.59 Å². The Morgan fingerprint density at radius 1 is 1.29 bits per heavy atom. The molecule has 2 aromatic carbocycles. The Bertz CT molecular complexity index is 741. The molecule has 0 saturated heterocycles. The van der Waals surface area contributed by atoms with E-state index in [1.807, 2.05) is 17.9 Å². The zero-order valence-electron chi connectivity index (χ0n) is 11.9. The van der Waals surface area contributed by atoms with Gasteiger partial charge in [-0.05, 0) is 42.1 Å². The summed E-state index contributed by atoms with van der Waals surface area (Å²) >= 11 is 0. The summed E-state index contributed by atoms with van der Waals surface area (Å²) in [4.78, 5) is 24.4. The molecule has 0 saturated carbocycles. The Labute approximate surface area is 134 Å². The van der Waals surface area contributed by atoms with E-state index >= 15 is 0 Å². The second-order valence-electron chi connectivity index (χ2n) is 5.18. The van der Waals surface area contributed by atoms with E-state index in [1.165, 1.54) is 16.7 Å². The first kappa shape index (κ1) is 15.7. The van der Waals surface area contributed by atoms with Gasteiger partial charge in [-0.3, -0.25) is 0 Å². The molecule has 1 radical (unpaired) electrons. The van der Waals surface area contributed by atoms with Gasteiger partial charge in [-0.15, -0.1) is 6.07 Å². The van der Waals surface area contributed by atoms with Crippen molar-refractivity contribution in [1.82, 2.24) is 0 Å². The quantitative estimate of drug-likeness (QED) is 0.374. The molecular weight excluding hydrogens is 305 g/mol. The maximum absolute atomic E-state index is 11.5. The van der Waals surface area contributed by atoms with E-state index in [4.69, 9.17) is 0 Å². The molecule has 109 valence electrons. The van der Waals surface area contributed by atoms with Crippen molar-refractivity contribution in [3.8, 4) is 0 Å². The molecule has 4 heteroatoms. The molecule has 0 N–H and O–H groups in total. The third kappa shape index (κ3) is 3.02. The first-order chi connectivity index (χ1) is 9.69. The van der Waals surface area contributed by atoms with Crippen molar-refractivity contribution in [1.29, 1.82) is 0 Å². The molecule has 0 atom stereocenters. The monoisotopic (exact) mass is 321 g/mol. The van der Waals surface area contributed by atoms with Crippen LogP contribution in [-0.4, -0.2) is 6.54 Å². The molecule has 2 aromatic rings. The number of anilines is 1. The third-order valence-electron chi connectivity index (χ3n) is 3.84. The number of allylic oxidation sites excluding steroid dienone is 2. The molecule has 1 aliphatic rings. The first-order valence-electron chi connectivity index (χ1n) is 6.88. The van der Waals surface area contributed by atoms with Gasteiger partial charge < -0.3 is 14.5 Å². The van der Waals surface area contributed by atoms with Gasteiger partial charge in [-0.2, -0.15) is 0 Å². The van der Waals surface area contributed by atoms with Crippen LogP contribution in [0.15, 0.2) is 39.9 Å². The molecule has 1 heterocycles. The van der Waals surface area contributed by atoms with E-state index < -0.39 is 10.9 Å². The van der Waals surface area contributed by atoms with Crippen LogP contribution < -0.4 is 15.8 Å². The summed E-state index contributed by atoms with van der Waals surface area (Å²) in [6.45, 7) is 3.49. The van der Waals surface area contributed by atoms with Crippen LogP contribution >= 0.6 is 0 Å². The van der Waals surface area contributed by atoms with Gasteiger partial charge in [-0.1, -0.05) is 30.4 Å². The van der Waals surface area contributed by atoms with Crippen LogP contribution in [0.1, 0.15) is 23.6 Å². The minimum atomic E-state index is -0.493. The molecule has 0 fully saturated rings. The Kier molecular flexibility index (Phi) is 4.81. The fraction of sp³-hybridized carbons (Fsp3) is 0.294. The van der Waals surface area contributed by atoms with Crippen LogP contribution in [-0.2, 0) is 36.5 Å².